The number of aromatic nitrogens is 2. The quantitative estimate of drug-likeness (QED) is 0.804. The fourth-order valence-electron chi connectivity index (χ4n) is 4.16. The molecule has 1 aromatic rings. The van der Waals surface area contributed by atoms with Crippen molar-refractivity contribution in [3.63, 3.8) is 0 Å². The van der Waals surface area contributed by atoms with E-state index < -0.39 is 0 Å². The van der Waals surface area contributed by atoms with Gasteiger partial charge in [-0.15, -0.1) is 0 Å². The van der Waals surface area contributed by atoms with Gasteiger partial charge in [0.25, 0.3) is 0 Å². The molecule has 0 bridgehead atoms. The molecule has 7 nitrogen and oxygen atoms in total. The van der Waals surface area contributed by atoms with Crippen molar-refractivity contribution in [3.8, 4) is 0 Å². The summed E-state index contributed by atoms with van der Waals surface area (Å²) in [4.78, 5) is 36.9. The average molecular weight is 330 g/mol. The Morgan fingerprint density at radius 3 is 2.71 bits per heavy atom. The van der Waals surface area contributed by atoms with Crippen molar-refractivity contribution >= 4 is 17.5 Å². The van der Waals surface area contributed by atoms with E-state index in [1.807, 2.05) is 4.90 Å². The number of ether oxygens (including phenoxy) is 1. The van der Waals surface area contributed by atoms with Crippen LogP contribution in [0.5, 0.6) is 0 Å². The minimum absolute atomic E-state index is 0.0876. The molecular formula is C17H22N4O3. The monoisotopic (exact) mass is 330 g/mol. The van der Waals surface area contributed by atoms with Crippen LogP contribution in [0.25, 0.3) is 0 Å². The summed E-state index contributed by atoms with van der Waals surface area (Å²) < 4.78 is 5.35. The van der Waals surface area contributed by atoms with Crippen molar-refractivity contribution < 1.29 is 14.3 Å². The highest BCUT2D eigenvalue weighted by Gasteiger charge is 2.49. The number of amides is 2. The maximum Gasteiger partial charge on any atom is 0.227 e. The fourth-order valence-corrected chi connectivity index (χ4v) is 4.16. The number of likely N-dealkylation sites (tertiary alicyclic amines) is 1. The first-order valence-corrected chi connectivity index (χ1v) is 8.59. The Morgan fingerprint density at radius 2 is 1.96 bits per heavy atom. The van der Waals surface area contributed by atoms with Gasteiger partial charge in [0.15, 0.2) is 0 Å². The van der Waals surface area contributed by atoms with E-state index in [0.29, 0.717) is 32.7 Å². The normalized spacial score (nSPS) is 28.1. The molecule has 4 rings (SSSR count). The predicted octanol–water partition coefficient (Wildman–Crippen LogP) is 0.859. The van der Waals surface area contributed by atoms with Gasteiger partial charge in [0.1, 0.15) is 6.33 Å². The molecule has 7 heteroatoms. The molecule has 0 N–H and O–H groups in total. The molecule has 3 fully saturated rings. The fraction of sp³-hybridized carbons (Fsp3) is 0.647. The summed E-state index contributed by atoms with van der Waals surface area (Å²) >= 11 is 0. The van der Waals surface area contributed by atoms with Crippen molar-refractivity contribution in [2.24, 2.45) is 11.3 Å². The van der Waals surface area contributed by atoms with E-state index in [0.717, 1.165) is 31.5 Å². The van der Waals surface area contributed by atoms with Crippen LogP contribution in [0.15, 0.2) is 18.7 Å². The zero-order valence-electron chi connectivity index (χ0n) is 13.7. The van der Waals surface area contributed by atoms with Gasteiger partial charge in [0.05, 0.1) is 18.1 Å². The predicted molar refractivity (Wildman–Crippen MR) is 86.2 cm³/mol. The van der Waals surface area contributed by atoms with Crippen molar-refractivity contribution in [3.05, 3.63) is 18.7 Å². The third kappa shape index (κ3) is 2.77. The van der Waals surface area contributed by atoms with E-state index in [4.69, 9.17) is 4.74 Å². The van der Waals surface area contributed by atoms with Crippen LogP contribution in [-0.4, -0.2) is 59.5 Å². The van der Waals surface area contributed by atoms with Crippen LogP contribution in [0.3, 0.4) is 0 Å². The number of carbonyl (C=O) groups excluding carboxylic acids is 2. The molecule has 3 aliphatic rings. The van der Waals surface area contributed by atoms with Gasteiger partial charge < -0.3 is 14.5 Å². The first kappa shape index (κ1) is 15.5. The molecule has 128 valence electrons. The Balaban J connectivity index is 1.44. The first-order chi connectivity index (χ1) is 11.7. The highest BCUT2D eigenvalue weighted by atomic mass is 16.5. The number of hydrogen-bond acceptors (Lipinski definition) is 5. The van der Waals surface area contributed by atoms with Gasteiger partial charge in [0, 0.05) is 50.6 Å². The number of rotatable bonds is 2. The summed E-state index contributed by atoms with van der Waals surface area (Å²) in [5, 5.41) is 0. The molecule has 1 spiro atoms. The maximum atomic E-state index is 12.7. The van der Waals surface area contributed by atoms with E-state index in [1.165, 1.54) is 6.33 Å². The number of hydrogen-bond donors (Lipinski definition) is 0. The van der Waals surface area contributed by atoms with E-state index in [1.54, 1.807) is 17.3 Å². The molecular weight excluding hydrogens is 308 g/mol. The van der Waals surface area contributed by atoms with Crippen molar-refractivity contribution in [1.82, 2.24) is 14.9 Å². The molecule has 3 aliphatic heterocycles. The van der Waals surface area contributed by atoms with Gasteiger partial charge in [-0.1, -0.05) is 0 Å². The van der Waals surface area contributed by atoms with E-state index >= 15 is 0 Å². The molecule has 24 heavy (non-hydrogen) atoms. The van der Waals surface area contributed by atoms with Crippen LogP contribution in [0, 0.1) is 11.3 Å². The summed E-state index contributed by atoms with van der Waals surface area (Å²) in [6.45, 7) is 3.43. The molecule has 0 aliphatic carbocycles. The summed E-state index contributed by atoms with van der Waals surface area (Å²) in [6.07, 6.45) is 7.82. The number of anilines is 1. The minimum atomic E-state index is -0.117. The third-order valence-corrected chi connectivity index (χ3v) is 5.50. The molecule has 4 heterocycles. The van der Waals surface area contributed by atoms with Crippen molar-refractivity contribution in [1.29, 1.82) is 0 Å². The Morgan fingerprint density at radius 1 is 1.21 bits per heavy atom. The second-order valence-corrected chi connectivity index (χ2v) is 7.15. The molecule has 0 saturated carbocycles. The van der Waals surface area contributed by atoms with Crippen molar-refractivity contribution in [2.75, 3.05) is 37.7 Å². The Labute approximate surface area is 141 Å². The molecule has 0 unspecified atom stereocenters. The van der Waals surface area contributed by atoms with Crippen LogP contribution in [0.2, 0.25) is 0 Å². The topological polar surface area (TPSA) is 75.6 Å². The highest BCUT2D eigenvalue weighted by molar-refractivity contribution is 5.96. The first-order valence-electron chi connectivity index (χ1n) is 8.59. The van der Waals surface area contributed by atoms with Gasteiger partial charge in [-0.25, -0.2) is 9.97 Å². The number of nitrogens with zero attached hydrogens (tertiary/aromatic N) is 4. The average Bonchev–Trinajstić information content (AvgIpc) is 3.19. The minimum Gasteiger partial charge on any atom is -0.381 e. The molecule has 1 atom stereocenters. The van der Waals surface area contributed by atoms with Crippen LogP contribution < -0.4 is 4.90 Å². The molecule has 2 amide bonds. The lowest BCUT2D eigenvalue weighted by molar-refractivity contribution is -0.138. The van der Waals surface area contributed by atoms with Crippen LogP contribution in [0.4, 0.5) is 5.69 Å². The summed E-state index contributed by atoms with van der Waals surface area (Å²) in [6, 6.07) is 0. The smallest absolute Gasteiger partial charge is 0.227 e. The molecule has 0 aromatic carbocycles. The second kappa shape index (κ2) is 6.12. The third-order valence-electron chi connectivity index (χ3n) is 5.50. The van der Waals surface area contributed by atoms with E-state index in [9.17, 15) is 9.59 Å². The van der Waals surface area contributed by atoms with Gasteiger partial charge in [0.2, 0.25) is 11.8 Å². The standard InChI is InChI=1S/C17H22N4O3/c22-15-7-17(11-21(15)14-8-18-12-19-9-14)3-4-20(10-17)16(23)13-1-5-24-6-2-13/h8-9,12-13H,1-7,10-11H2/t17-/m1/s1. The Kier molecular flexibility index (Phi) is 3.96. The summed E-state index contributed by atoms with van der Waals surface area (Å²) in [5.41, 5.74) is 0.627. The zero-order valence-corrected chi connectivity index (χ0v) is 13.7. The van der Waals surface area contributed by atoms with Gasteiger partial charge in [-0.3, -0.25) is 9.59 Å². The molecule has 0 radical (unpaired) electrons. The van der Waals surface area contributed by atoms with E-state index in [-0.39, 0.29) is 23.1 Å². The van der Waals surface area contributed by atoms with Gasteiger partial charge in [-0.05, 0) is 19.3 Å². The maximum absolute atomic E-state index is 12.7. The Bertz CT molecular complexity index is 632. The van der Waals surface area contributed by atoms with Crippen LogP contribution >= 0.6 is 0 Å². The summed E-state index contributed by atoms with van der Waals surface area (Å²) in [7, 11) is 0. The second-order valence-electron chi connectivity index (χ2n) is 7.15. The highest BCUT2D eigenvalue weighted by Crippen LogP contribution is 2.42. The van der Waals surface area contributed by atoms with Crippen LogP contribution in [-0.2, 0) is 14.3 Å². The van der Waals surface area contributed by atoms with Gasteiger partial charge >= 0.3 is 0 Å². The number of carbonyl (C=O) groups is 2. The molecule has 1 aromatic heterocycles. The van der Waals surface area contributed by atoms with Crippen LogP contribution in [0.1, 0.15) is 25.7 Å². The van der Waals surface area contributed by atoms with Crippen molar-refractivity contribution in [2.45, 2.75) is 25.7 Å². The molecule has 3 saturated heterocycles. The SMILES string of the molecule is O=C(C1CCOCC1)N1CC[C@@]2(CC(=O)N(c3cncnc3)C2)C1. The van der Waals surface area contributed by atoms with Gasteiger partial charge in [-0.2, -0.15) is 0 Å². The van der Waals surface area contributed by atoms with E-state index in [2.05, 4.69) is 9.97 Å². The summed E-state index contributed by atoms with van der Waals surface area (Å²) in [5.74, 6) is 0.430. The Hall–Kier alpha value is -2.02. The zero-order chi connectivity index (χ0) is 16.6. The largest absolute Gasteiger partial charge is 0.381 e. The lowest BCUT2D eigenvalue weighted by Crippen LogP contribution is -2.39. The lowest BCUT2D eigenvalue weighted by Gasteiger charge is -2.28. The lowest BCUT2D eigenvalue weighted by atomic mass is 9.86.